The number of benzene rings is 1. The predicted molar refractivity (Wildman–Crippen MR) is 51.7 cm³/mol. The highest BCUT2D eigenvalue weighted by molar-refractivity contribution is 9.08. The summed E-state index contributed by atoms with van der Waals surface area (Å²) in [5.41, 5.74) is 8.10. The average Bonchev–Trinajstić information content (AvgIpc) is 2.16. The van der Waals surface area contributed by atoms with E-state index in [0.29, 0.717) is 17.4 Å². The Morgan fingerprint density at radius 1 is 1.42 bits per heavy atom. The summed E-state index contributed by atoms with van der Waals surface area (Å²) in [6.07, 6.45) is 0. The van der Waals surface area contributed by atoms with Gasteiger partial charge >= 0.3 is 0 Å². The summed E-state index contributed by atoms with van der Waals surface area (Å²) in [5.74, 6) is 0. The van der Waals surface area contributed by atoms with Gasteiger partial charge in [-0.05, 0) is 11.1 Å². The molecule has 62 valence electrons. The maximum Gasteiger partial charge on any atom is 0.0998 e. The largest absolute Gasteiger partial charge is 0.326 e. The van der Waals surface area contributed by atoms with Gasteiger partial charge in [0.2, 0.25) is 0 Å². The fourth-order valence-corrected chi connectivity index (χ4v) is 1.55. The zero-order valence-corrected chi connectivity index (χ0v) is 8.13. The van der Waals surface area contributed by atoms with Crippen LogP contribution in [0.25, 0.3) is 0 Å². The highest BCUT2D eigenvalue weighted by atomic mass is 79.9. The molecule has 0 heterocycles. The van der Waals surface area contributed by atoms with Crippen LogP contribution in [0.4, 0.5) is 0 Å². The second-order valence-corrected chi connectivity index (χ2v) is 2.96. The monoisotopic (exact) mass is 224 g/mol. The molecule has 0 atom stereocenters. The molecular weight excluding hydrogens is 216 g/mol. The summed E-state index contributed by atoms with van der Waals surface area (Å²) < 4.78 is 0. The van der Waals surface area contributed by atoms with Crippen LogP contribution in [0.1, 0.15) is 16.7 Å². The zero-order chi connectivity index (χ0) is 8.97. The molecule has 0 saturated heterocycles. The molecule has 1 rings (SSSR count). The molecule has 3 heteroatoms. The molecule has 0 amide bonds. The van der Waals surface area contributed by atoms with Crippen molar-refractivity contribution >= 4 is 15.9 Å². The molecule has 2 nitrogen and oxygen atoms in total. The molecule has 0 radical (unpaired) electrons. The van der Waals surface area contributed by atoms with E-state index in [1.54, 1.807) is 0 Å². The third-order valence-corrected chi connectivity index (χ3v) is 2.32. The molecule has 0 aromatic heterocycles. The van der Waals surface area contributed by atoms with Gasteiger partial charge in [-0.2, -0.15) is 5.26 Å². The van der Waals surface area contributed by atoms with Crippen LogP contribution in [0.15, 0.2) is 18.2 Å². The maximum atomic E-state index is 8.84. The number of halogens is 1. The average molecular weight is 225 g/mol. The fourth-order valence-electron chi connectivity index (χ4n) is 1.08. The predicted octanol–water partition coefficient (Wildman–Crippen LogP) is 1.91. The minimum atomic E-state index is 0.420. The van der Waals surface area contributed by atoms with Crippen molar-refractivity contribution < 1.29 is 0 Å². The number of nitrogens with two attached hydrogens (primary N) is 1. The Morgan fingerprint density at radius 2 is 2.08 bits per heavy atom. The van der Waals surface area contributed by atoms with Gasteiger partial charge in [0, 0.05) is 11.9 Å². The van der Waals surface area contributed by atoms with E-state index in [1.165, 1.54) is 0 Å². The highest BCUT2D eigenvalue weighted by Gasteiger charge is 2.04. The summed E-state index contributed by atoms with van der Waals surface area (Å²) >= 11 is 3.32. The quantitative estimate of drug-likeness (QED) is 0.781. The van der Waals surface area contributed by atoms with Gasteiger partial charge in [0.25, 0.3) is 0 Å². The first-order valence-corrected chi connectivity index (χ1v) is 4.72. The first-order valence-electron chi connectivity index (χ1n) is 3.60. The van der Waals surface area contributed by atoms with Crippen molar-refractivity contribution in [2.75, 3.05) is 0 Å². The van der Waals surface area contributed by atoms with E-state index in [9.17, 15) is 0 Å². The number of nitrogens with zero attached hydrogens (tertiary/aromatic N) is 1. The second-order valence-electron chi connectivity index (χ2n) is 2.40. The zero-order valence-electron chi connectivity index (χ0n) is 6.55. The second kappa shape index (κ2) is 4.24. The fraction of sp³-hybridized carbons (Fsp3) is 0.222. The third-order valence-electron chi connectivity index (χ3n) is 1.71. The van der Waals surface area contributed by atoms with Gasteiger partial charge in [-0.15, -0.1) is 0 Å². The van der Waals surface area contributed by atoms with Gasteiger partial charge in [0.1, 0.15) is 0 Å². The van der Waals surface area contributed by atoms with Gasteiger partial charge in [-0.25, -0.2) is 0 Å². The standard InChI is InChI=1S/C9H9BrN2/c10-4-7-2-1-3-8(5-11)9(7)6-12/h1-3H,4-5,11H2. The van der Waals surface area contributed by atoms with Gasteiger partial charge in [0.15, 0.2) is 0 Å². The maximum absolute atomic E-state index is 8.84. The van der Waals surface area contributed by atoms with Crippen molar-refractivity contribution in [3.8, 4) is 6.07 Å². The lowest BCUT2D eigenvalue weighted by atomic mass is 10.0. The van der Waals surface area contributed by atoms with Crippen LogP contribution in [0.3, 0.4) is 0 Å². The van der Waals surface area contributed by atoms with Gasteiger partial charge in [-0.1, -0.05) is 34.1 Å². The van der Waals surface area contributed by atoms with Crippen molar-refractivity contribution in [3.63, 3.8) is 0 Å². The topological polar surface area (TPSA) is 49.8 Å². The number of hydrogen-bond donors (Lipinski definition) is 1. The Hall–Kier alpha value is -0.850. The molecule has 0 aliphatic heterocycles. The first kappa shape index (κ1) is 9.24. The lowest BCUT2D eigenvalue weighted by Crippen LogP contribution is -2.01. The molecule has 0 bridgehead atoms. The van der Waals surface area contributed by atoms with E-state index in [2.05, 4.69) is 22.0 Å². The number of rotatable bonds is 2. The molecule has 12 heavy (non-hydrogen) atoms. The first-order chi connectivity index (χ1) is 5.83. The number of nitriles is 1. The molecule has 0 spiro atoms. The smallest absolute Gasteiger partial charge is 0.0998 e. The highest BCUT2D eigenvalue weighted by Crippen LogP contribution is 2.15. The minimum absolute atomic E-state index is 0.420. The minimum Gasteiger partial charge on any atom is -0.326 e. The number of hydrogen-bond acceptors (Lipinski definition) is 2. The van der Waals surface area contributed by atoms with E-state index in [4.69, 9.17) is 11.0 Å². The third kappa shape index (κ3) is 1.66. The van der Waals surface area contributed by atoms with Crippen LogP contribution >= 0.6 is 15.9 Å². The Labute approximate surface area is 80.1 Å². The van der Waals surface area contributed by atoms with E-state index < -0.39 is 0 Å². The van der Waals surface area contributed by atoms with Crippen LogP contribution in [0.2, 0.25) is 0 Å². The summed E-state index contributed by atoms with van der Waals surface area (Å²) in [6, 6.07) is 7.88. The Kier molecular flexibility index (Phi) is 3.27. The SMILES string of the molecule is N#Cc1c(CN)cccc1CBr. The van der Waals surface area contributed by atoms with Crippen LogP contribution in [-0.4, -0.2) is 0 Å². The molecule has 1 aromatic rings. The lowest BCUT2D eigenvalue weighted by Gasteiger charge is -2.03. The van der Waals surface area contributed by atoms with E-state index in [-0.39, 0.29) is 0 Å². The molecule has 1 aromatic carbocycles. The molecule has 0 fully saturated rings. The van der Waals surface area contributed by atoms with E-state index in [1.807, 2.05) is 18.2 Å². The van der Waals surface area contributed by atoms with Crippen molar-refractivity contribution in [1.82, 2.24) is 0 Å². The summed E-state index contributed by atoms with van der Waals surface area (Å²) in [6.45, 7) is 0.420. The van der Waals surface area contributed by atoms with Gasteiger partial charge < -0.3 is 5.73 Å². The summed E-state index contributed by atoms with van der Waals surface area (Å²) in [5, 5.41) is 9.53. The Morgan fingerprint density at radius 3 is 2.58 bits per heavy atom. The van der Waals surface area contributed by atoms with E-state index in [0.717, 1.165) is 11.1 Å². The van der Waals surface area contributed by atoms with Crippen molar-refractivity contribution in [2.24, 2.45) is 5.73 Å². The van der Waals surface area contributed by atoms with E-state index >= 15 is 0 Å². The number of alkyl halides is 1. The molecule has 0 aliphatic carbocycles. The van der Waals surface area contributed by atoms with Crippen LogP contribution in [0.5, 0.6) is 0 Å². The van der Waals surface area contributed by atoms with Crippen molar-refractivity contribution in [1.29, 1.82) is 5.26 Å². The van der Waals surface area contributed by atoms with Crippen LogP contribution in [0, 0.1) is 11.3 Å². The van der Waals surface area contributed by atoms with Crippen molar-refractivity contribution in [3.05, 3.63) is 34.9 Å². The summed E-state index contributed by atoms with van der Waals surface area (Å²) in [7, 11) is 0. The molecular formula is C9H9BrN2. The summed E-state index contributed by atoms with van der Waals surface area (Å²) in [4.78, 5) is 0. The lowest BCUT2D eigenvalue weighted by molar-refractivity contribution is 1.05. The molecule has 0 aliphatic rings. The normalized spacial score (nSPS) is 9.42. The molecule has 0 unspecified atom stereocenters. The van der Waals surface area contributed by atoms with Crippen LogP contribution in [-0.2, 0) is 11.9 Å². The van der Waals surface area contributed by atoms with Gasteiger partial charge in [-0.3, -0.25) is 0 Å². The molecule has 2 N–H and O–H groups in total. The van der Waals surface area contributed by atoms with Crippen LogP contribution < -0.4 is 5.73 Å². The molecule has 0 saturated carbocycles. The Balaban J connectivity index is 3.25. The van der Waals surface area contributed by atoms with Crippen molar-refractivity contribution in [2.45, 2.75) is 11.9 Å². The Bertz CT molecular complexity index is 293. The van der Waals surface area contributed by atoms with Gasteiger partial charge in [0.05, 0.1) is 11.6 Å².